The van der Waals surface area contributed by atoms with Crippen LogP contribution in [0.4, 0.5) is 0 Å². The zero-order chi connectivity index (χ0) is 15.9. The van der Waals surface area contributed by atoms with Crippen molar-refractivity contribution in [2.24, 2.45) is 23.7 Å². The molecule has 2 fully saturated rings. The van der Waals surface area contributed by atoms with E-state index in [1.807, 2.05) is 0 Å². The van der Waals surface area contributed by atoms with Gasteiger partial charge in [0.05, 0.1) is 25.4 Å². The van der Waals surface area contributed by atoms with E-state index in [4.69, 9.17) is 9.47 Å². The minimum Gasteiger partial charge on any atom is -0.375 e. The van der Waals surface area contributed by atoms with Crippen molar-refractivity contribution in [1.29, 1.82) is 0 Å². The minimum absolute atomic E-state index is 0. The van der Waals surface area contributed by atoms with Crippen LogP contribution in [0.2, 0.25) is 0 Å². The summed E-state index contributed by atoms with van der Waals surface area (Å²) in [7, 11) is 0. The molecule has 2 aliphatic rings. The summed E-state index contributed by atoms with van der Waals surface area (Å²) in [6.07, 6.45) is 7.22. The van der Waals surface area contributed by atoms with Crippen LogP contribution in [0, 0.1) is 23.7 Å². The van der Waals surface area contributed by atoms with E-state index in [1.165, 1.54) is 32.1 Å². The molecule has 2 saturated heterocycles. The number of ether oxygens (including phenoxy) is 2. The molecule has 23 heavy (non-hydrogen) atoms. The van der Waals surface area contributed by atoms with Gasteiger partial charge < -0.3 is 14.8 Å². The van der Waals surface area contributed by atoms with Crippen molar-refractivity contribution >= 4 is 0 Å². The topological polar surface area (TPSA) is 30.5 Å². The van der Waals surface area contributed by atoms with Crippen molar-refractivity contribution in [3.05, 3.63) is 0 Å². The Morgan fingerprint density at radius 1 is 0.870 bits per heavy atom. The highest BCUT2D eigenvalue weighted by Gasteiger charge is 2.46. The predicted octanol–water partition coefficient (Wildman–Crippen LogP) is 4.50. The number of nitrogens with one attached hydrogen (secondary N) is 1. The lowest BCUT2D eigenvalue weighted by Crippen LogP contribution is -2.33. The fourth-order valence-electron chi connectivity index (χ4n) is 3.79. The van der Waals surface area contributed by atoms with Gasteiger partial charge in [-0.05, 0) is 37.6 Å². The van der Waals surface area contributed by atoms with Gasteiger partial charge in [-0.3, -0.25) is 0 Å². The lowest BCUT2D eigenvalue weighted by atomic mass is 9.91. The monoisotopic (exact) mass is 327 g/mol. The summed E-state index contributed by atoms with van der Waals surface area (Å²) >= 11 is 0. The Kier molecular flexibility index (Phi) is 9.72. The molecular weight excluding hydrogens is 286 g/mol. The molecule has 0 aromatic heterocycles. The summed E-state index contributed by atoms with van der Waals surface area (Å²) in [5.41, 5.74) is 0. The molecule has 0 saturated carbocycles. The highest BCUT2D eigenvalue weighted by Crippen LogP contribution is 2.36. The third-order valence-corrected chi connectivity index (χ3v) is 5.16. The van der Waals surface area contributed by atoms with Crippen molar-refractivity contribution < 1.29 is 9.47 Å². The molecule has 138 valence electrons. The molecule has 0 spiro atoms. The summed E-state index contributed by atoms with van der Waals surface area (Å²) in [5, 5.41) is 3.61. The predicted molar refractivity (Wildman–Crippen MR) is 98.8 cm³/mol. The molecule has 2 rings (SSSR count). The van der Waals surface area contributed by atoms with Gasteiger partial charge in [0, 0.05) is 18.4 Å². The quantitative estimate of drug-likeness (QED) is 0.599. The maximum absolute atomic E-state index is 6.09. The van der Waals surface area contributed by atoms with Crippen molar-refractivity contribution in [2.75, 3.05) is 26.3 Å². The Morgan fingerprint density at radius 3 is 2.09 bits per heavy atom. The van der Waals surface area contributed by atoms with Crippen molar-refractivity contribution in [1.82, 2.24) is 5.32 Å². The molecule has 0 aliphatic carbocycles. The van der Waals surface area contributed by atoms with Gasteiger partial charge in [0.25, 0.3) is 0 Å². The molecule has 4 unspecified atom stereocenters. The van der Waals surface area contributed by atoms with Gasteiger partial charge in [0.15, 0.2) is 0 Å². The lowest BCUT2D eigenvalue weighted by molar-refractivity contribution is 0.0595. The second-order valence-electron chi connectivity index (χ2n) is 8.18. The fourth-order valence-corrected chi connectivity index (χ4v) is 3.79. The van der Waals surface area contributed by atoms with Crippen LogP contribution in [0.5, 0.6) is 0 Å². The van der Waals surface area contributed by atoms with E-state index in [-0.39, 0.29) is 7.43 Å². The third kappa shape index (κ3) is 6.72. The van der Waals surface area contributed by atoms with Crippen LogP contribution in [0.15, 0.2) is 0 Å². The molecule has 0 amide bonds. The summed E-state index contributed by atoms with van der Waals surface area (Å²) in [4.78, 5) is 0. The van der Waals surface area contributed by atoms with E-state index in [0.29, 0.717) is 24.0 Å². The fraction of sp³-hybridized carbons (Fsp3) is 1.00. The minimum atomic E-state index is 0. The molecule has 2 heterocycles. The van der Waals surface area contributed by atoms with Crippen LogP contribution in [0.25, 0.3) is 0 Å². The highest BCUT2D eigenvalue weighted by atomic mass is 16.6. The molecule has 0 radical (unpaired) electrons. The summed E-state index contributed by atoms with van der Waals surface area (Å²) in [6, 6.07) is 0. The van der Waals surface area contributed by atoms with Crippen LogP contribution < -0.4 is 5.32 Å². The molecular formula is C20H41NO2. The molecule has 0 bridgehead atoms. The molecule has 0 aromatic carbocycles. The van der Waals surface area contributed by atoms with Gasteiger partial charge in [0.1, 0.15) is 0 Å². The summed E-state index contributed by atoms with van der Waals surface area (Å²) < 4.78 is 12.2. The first-order chi connectivity index (χ1) is 10.6. The highest BCUT2D eigenvalue weighted by molar-refractivity contribution is 4.94. The number of fused-ring (bicyclic) bond motifs is 1. The van der Waals surface area contributed by atoms with Gasteiger partial charge in [-0.2, -0.15) is 0 Å². The van der Waals surface area contributed by atoms with Crippen LogP contribution in [0.1, 0.15) is 67.2 Å². The van der Waals surface area contributed by atoms with Crippen LogP contribution >= 0.6 is 0 Å². The number of rotatable bonds is 10. The zero-order valence-electron chi connectivity index (χ0n) is 15.1. The Morgan fingerprint density at radius 2 is 1.43 bits per heavy atom. The van der Waals surface area contributed by atoms with Crippen molar-refractivity contribution in [3.63, 3.8) is 0 Å². The van der Waals surface area contributed by atoms with E-state index in [1.54, 1.807) is 0 Å². The Hall–Kier alpha value is -0.120. The molecule has 0 aromatic rings. The average molecular weight is 328 g/mol. The Labute approximate surface area is 144 Å². The first-order valence-electron chi connectivity index (χ1n) is 9.51. The van der Waals surface area contributed by atoms with Gasteiger partial charge in [-0.1, -0.05) is 48.0 Å². The second kappa shape index (κ2) is 10.7. The average Bonchev–Trinajstić information content (AvgIpc) is 3.01. The van der Waals surface area contributed by atoms with Gasteiger partial charge in [-0.25, -0.2) is 0 Å². The normalized spacial score (nSPS) is 30.0. The third-order valence-electron chi connectivity index (χ3n) is 5.16. The van der Waals surface area contributed by atoms with E-state index in [9.17, 15) is 0 Å². The number of hydrogen-bond donors (Lipinski definition) is 1. The molecule has 1 N–H and O–H groups in total. The van der Waals surface area contributed by atoms with Crippen LogP contribution in [0.3, 0.4) is 0 Å². The van der Waals surface area contributed by atoms with Gasteiger partial charge in [-0.15, -0.1) is 0 Å². The lowest BCUT2D eigenvalue weighted by Gasteiger charge is -2.17. The maximum Gasteiger partial charge on any atom is 0.0902 e. The number of hydrogen-bond acceptors (Lipinski definition) is 3. The van der Waals surface area contributed by atoms with Crippen LogP contribution in [-0.2, 0) is 9.47 Å². The van der Waals surface area contributed by atoms with Crippen molar-refractivity contribution in [2.45, 2.75) is 79.4 Å². The Balaban J connectivity index is 0.00000264. The first kappa shape index (κ1) is 20.9. The van der Waals surface area contributed by atoms with E-state index < -0.39 is 0 Å². The first-order valence-corrected chi connectivity index (χ1v) is 9.51. The van der Waals surface area contributed by atoms with E-state index in [0.717, 1.165) is 38.1 Å². The SMILES string of the molecule is C.CC(C)CCCNCC1COC2C(CCCC(C)C)COC12. The largest absolute Gasteiger partial charge is 0.375 e. The summed E-state index contributed by atoms with van der Waals surface area (Å²) in [5.74, 6) is 2.81. The Bertz CT molecular complexity index is 306. The standard InChI is InChI=1S/C19H37NO2.CH4/c1-14(2)7-5-9-16-12-21-19-17(13-22-18(16)19)11-20-10-6-8-15(3)4;/h14-20H,5-13H2,1-4H3;1H4. The second-order valence-corrected chi connectivity index (χ2v) is 8.18. The molecule has 2 aliphatic heterocycles. The smallest absolute Gasteiger partial charge is 0.0902 e. The molecule has 3 nitrogen and oxygen atoms in total. The zero-order valence-corrected chi connectivity index (χ0v) is 15.1. The summed E-state index contributed by atoms with van der Waals surface area (Å²) in [6.45, 7) is 13.2. The van der Waals surface area contributed by atoms with Gasteiger partial charge >= 0.3 is 0 Å². The van der Waals surface area contributed by atoms with E-state index in [2.05, 4.69) is 33.0 Å². The van der Waals surface area contributed by atoms with Crippen LogP contribution in [-0.4, -0.2) is 38.5 Å². The van der Waals surface area contributed by atoms with Crippen molar-refractivity contribution in [3.8, 4) is 0 Å². The maximum atomic E-state index is 6.09. The van der Waals surface area contributed by atoms with Gasteiger partial charge in [0.2, 0.25) is 0 Å². The molecule has 3 heteroatoms. The molecule has 4 atom stereocenters. The van der Waals surface area contributed by atoms with E-state index >= 15 is 0 Å².